The van der Waals surface area contributed by atoms with E-state index in [0.717, 1.165) is 40.0 Å². The number of hydrogen-bond acceptors (Lipinski definition) is 5. The maximum absolute atomic E-state index is 10.8. The normalized spacial score (nSPS) is 14.1. The zero-order chi connectivity index (χ0) is 23.9. The number of imidazole rings is 1. The number of piperazine rings is 1. The van der Waals surface area contributed by atoms with Gasteiger partial charge in [-0.15, -0.1) is 0 Å². The molecule has 1 saturated heterocycles. The first-order valence-corrected chi connectivity index (χ1v) is 11.4. The van der Waals surface area contributed by atoms with Gasteiger partial charge in [0.15, 0.2) is 5.65 Å². The van der Waals surface area contributed by atoms with E-state index >= 15 is 0 Å². The van der Waals surface area contributed by atoms with Crippen LogP contribution in [0.4, 0.5) is 0 Å². The van der Waals surface area contributed by atoms with Crippen molar-refractivity contribution < 1.29 is 4.79 Å². The lowest BCUT2D eigenvalue weighted by Gasteiger charge is -2.28. The van der Waals surface area contributed by atoms with Crippen LogP contribution in [0.1, 0.15) is 27.2 Å². The lowest BCUT2D eigenvalue weighted by molar-refractivity contribution is 0.112. The molecule has 0 unspecified atom stereocenters. The first kappa shape index (κ1) is 23.4. The molecule has 34 heavy (non-hydrogen) atoms. The van der Waals surface area contributed by atoms with Crippen LogP contribution in [0.2, 0.25) is 0 Å². The van der Waals surface area contributed by atoms with Gasteiger partial charge < -0.3 is 9.80 Å². The predicted molar refractivity (Wildman–Crippen MR) is 136 cm³/mol. The van der Waals surface area contributed by atoms with Crippen LogP contribution in [-0.2, 0) is 0 Å². The Kier molecular flexibility index (Phi) is 7.48. The Morgan fingerprint density at radius 1 is 0.853 bits per heavy atom. The summed E-state index contributed by atoms with van der Waals surface area (Å²) in [6, 6.07) is 19.2. The Hall–Kier alpha value is -3.79. The molecular formula is C28H29N5O. The molecule has 172 valence electrons. The van der Waals surface area contributed by atoms with Crippen molar-refractivity contribution in [2.24, 2.45) is 0 Å². The summed E-state index contributed by atoms with van der Waals surface area (Å²) in [5.74, 6) is 6.36. The molecule has 2 aromatic carbocycles. The summed E-state index contributed by atoms with van der Waals surface area (Å²) >= 11 is 0. The van der Waals surface area contributed by atoms with Gasteiger partial charge in [-0.05, 0) is 50.7 Å². The third-order valence-electron chi connectivity index (χ3n) is 5.90. The number of fused-ring (bicyclic) bond motifs is 1. The van der Waals surface area contributed by atoms with Crippen molar-refractivity contribution in [3.05, 3.63) is 89.2 Å². The highest BCUT2D eigenvalue weighted by Gasteiger charge is 2.08. The van der Waals surface area contributed by atoms with Crippen LogP contribution < -0.4 is 0 Å². The number of carbonyl (C=O) groups excluding carboxylic acids is 1. The minimum absolute atomic E-state index is 0.641. The second-order valence-corrected chi connectivity index (χ2v) is 8.54. The van der Waals surface area contributed by atoms with Crippen LogP contribution in [0.25, 0.3) is 16.9 Å². The Balaban J connectivity index is 0.000000291. The molecule has 5 rings (SSSR count). The van der Waals surface area contributed by atoms with Crippen molar-refractivity contribution >= 4 is 11.9 Å². The lowest BCUT2D eigenvalue weighted by Crippen LogP contribution is -2.42. The van der Waals surface area contributed by atoms with Crippen molar-refractivity contribution in [2.45, 2.75) is 6.92 Å². The fourth-order valence-corrected chi connectivity index (χ4v) is 3.60. The Labute approximate surface area is 200 Å². The van der Waals surface area contributed by atoms with Crippen molar-refractivity contribution in [2.75, 3.05) is 40.3 Å². The quantitative estimate of drug-likeness (QED) is 0.343. The van der Waals surface area contributed by atoms with Crippen molar-refractivity contribution in [3.63, 3.8) is 0 Å². The molecule has 1 aliphatic rings. The lowest BCUT2D eigenvalue weighted by atomic mass is 10.1. The smallest absolute Gasteiger partial charge is 0.154 e. The summed E-state index contributed by atoms with van der Waals surface area (Å²) in [6.45, 7) is 6.97. The third kappa shape index (κ3) is 5.76. The molecule has 6 nitrogen and oxygen atoms in total. The molecule has 0 N–H and O–H groups in total. The second kappa shape index (κ2) is 10.9. The first-order valence-electron chi connectivity index (χ1n) is 11.4. The van der Waals surface area contributed by atoms with Crippen LogP contribution in [-0.4, -0.2) is 71.0 Å². The van der Waals surface area contributed by atoms with E-state index in [1.54, 1.807) is 22.8 Å². The number of aryl methyl sites for hydroxylation is 1. The highest BCUT2D eigenvalue weighted by atomic mass is 16.1. The molecule has 1 aliphatic heterocycles. The zero-order valence-electron chi connectivity index (χ0n) is 19.9. The average Bonchev–Trinajstić information content (AvgIpc) is 3.28. The molecule has 0 saturated carbocycles. The van der Waals surface area contributed by atoms with E-state index in [4.69, 9.17) is 0 Å². The van der Waals surface area contributed by atoms with E-state index in [9.17, 15) is 4.79 Å². The van der Waals surface area contributed by atoms with Crippen LogP contribution in [0.5, 0.6) is 0 Å². The number of rotatable bonds is 2. The molecule has 0 bridgehead atoms. The average molecular weight is 452 g/mol. The molecule has 4 aromatic rings. The van der Waals surface area contributed by atoms with Gasteiger partial charge in [-0.1, -0.05) is 48.4 Å². The molecular weight excluding hydrogens is 422 g/mol. The van der Waals surface area contributed by atoms with Crippen LogP contribution in [0, 0.1) is 18.8 Å². The largest absolute Gasteiger partial charge is 0.304 e. The molecule has 0 spiro atoms. The minimum Gasteiger partial charge on any atom is -0.304 e. The highest BCUT2D eigenvalue weighted by Crippen LogP contribution is 2.18. The molecule has 2 aromatic heterocycles. The molecule has 3 heterocycles. The fraction of sp³-hybridized carbons (Fsp3) is 0.250. The van der Waals surface area contributed by atoms with E-state index in [2.05, 4.69) is 45.8 Å². The third-order valence-corrected chi connectivity index (χ3v) is 5.90. The second-order valence-electron chi connectivity index (χ2n) is 8.54. The summed E-state index contributed by atoms with van der Waals surface area (Å²) in [4.78, 5) is 19.9. The monoisotopic (exact) mass is 451 g/mol. The molecule has 1 fully saturated rings. The summed E-state index contributed by atoms with van der Waals surface area (Å²) in [6.07, 6.45) is 2.56. The zero-order valence-corrected chi connectivity index (χ0v) is 19.9. The number of hydrogen-bond donors (Lipinski definition) is 0. The Morgan fingerprint density at radius 3 is 2.18 bits per heavy atom. The van der Waals surface area contributed by atoms with E-state index in [1.807, 2.05) is 55.5 Å². The fourth-order valence-electron chi connectivity index (χ4n) is 3.60. The minimum atomic E-state index is 0.641. The first-order chi connectivity index (χ1) is 16.5. The number of benzene rings is 2. The molecule has 0 atom stereocenters. The van der Waals surface area contributed by atoms with Gasteiger partial charge >= 0.3 is 0 Å². The molecule has 0 radical (unpaired) electrons. The highest BCUT2D eigenvalue weighted by molar-refractivity contribution is 5.76. The molecule has 0 amide bonds. The van der Waals surface area contributed by atoms with Crippen molar-refractivity contribution in [3.8, 4) is 23.1 Å². The van der Waals surface area contributed by atoms with Crippen LogP contribution in [0.15, 0.2) is 66.9 Å². The van der Waals surface area contributed by atoms with Gasteiger partial charge in [0.1, 0.15) is 12.0 Å². The summed E-state index contributed by atoms with van der Waals surface area (Å²) in [7, 11) is 4.35. The van der Waals surface area contributed by atoms with Crippen molar-refractivity contribution in [1.82, 2.24) is 24.4 Å². The van der Waals surface area contributed by atoms with Gasteiger partial charge in [0, 0.05) is 42.9 Å². The van der Waals surface area contributed by atoms with Gasteiger partial charge in [0.2, 0.25) is 0 Å². The number of likely N-dealkylation sites (N-methyl/N-ethyl adjacent to an activating group) is 2. The summed E-state index contributed by atoms with van der Waals surface area (Å²) in [5, 5.41) is 4.66. The Morgan fingerprint density at radius 2 is 1.53 bits per heavy atom. The summed E-state index contributed by atoms with van der Waals surface area (Å²) in [5.41, 5.74) is 5.97. The maximum Gasteiger partial charge on any atom is 0.154 e. The van der Waals surface area contributed by atoms with E-state index in [-0.39, 0.29) is 0 Å². The van der Waals surface area contributed by atoms with Crippen molar-refractivity contribution in [1.29, 1.82) is 0 Å². The Bertz CT molecular complexity index is 1310. The molecule has 0 aliphatic carbocycles. The van der Waals surface area contributed by atoms with E-state index in [0.29, 0.717) is 5.56 Å². The maximum atomic E-state index is 10.8. The number of nitrogens with zero attached hydrogens (tertiary/aromatic N) is 5. The van der Waals surface area contributed by atoms with Gasteiger partial charge in [-0.25, -0.2) is 9.50 Å². The SMILES string of the molecule is CN1CCN(C)CC1.Cc1ccccc1C#Cc1cnc2ccc(-c3ccc(C=O)cc3)nn12. The predicted octanol–water partition coefficient (Wildman–Crippen LogP) is 3.78. The number of aromatic nitrogens is 3. The van der Waals surface area contributed by atoms with Gasteiger partial charge in [0.25, 0.3) is 0 Å². The van der Waals surface area contributed by atoms with Gasteiger partial charge in [0.05, 0.1) is 11.9 Å². The number of aldehydes is 1. The van der Waals surface area contributed by atoms with E-state index in [1.165, 1.54) is 26.2 Å². The topological polar surface area (TPSA) is 53.7 Å². The van der Waals surface area contributed by atoms with E-state index < -0.39 is 0 Å². The van der Waals surface area contributed by atoms with Gasteiger partial charge in [-0.3, -0.25) is 4.79 Å². The number of carbonyl (C=O) groups is 1. The summed E-state index contributed by atoms with van der Waals surface area (Å²) < 4.78 is 1.74. The standard InChI is InChI=1S/C22H15N3O.C6H14N2/c1-16-4-2-3-5-18(16)10-11-20-14-23-22-13-12-21(24-25(20)22)19-8-6-17(15-26)7-9-19;1-7-3-5-8(2)6-4-7/h2-9,12-15H,1H3;3-6H2,1-2H3. The van der Waals surface area contributed by atoms with Crippen LogP contribution >= 0.6 is 0 Å². The van der Waals surface area contributed by atoms with Crippen LogP contribution in [0.3, 0.4) is 0 Å². The van der Waals surface area contributed by atoms with Gasteiger partial charge in [-0.2, -0.15) is 5.10 Å². The molecule has 6 heteroatoms.